The van der Waals surface area contributed by atoms with Gasteiger partial charge in [-0.2, -0.15) is 18.3 Å². The Morgan fingerprint density at radius 2 is 1.91 bits per heavy atom. The molecule has 1 saturated carbocycles. The lowest BCUT2D eigenvalue weighted by Gasteiger charge is -2.15. The fraction of sp³-hybridized carbons (Fsp3) is 0.533. The molecule has 1 aliphatic carbocycles. The van der Waals surface area contributed by atoms with Gasteiger partial charge in [0.05, 0.1) is 11.9 Å². The largest absolute Gasteiger partial charge is 0.433 e. The Labute approximate surface area is 131 Å². The van der Waals surface area contributed by atoms with Crippen LogP contribution in [0.5, 0.6) is 0 Å². The maximum absolute atomic E-state index is 13.1. The molecule has 2 aromatic heterocycles. The van der Waals surface area contributed by atoms with Crippen molar-refractivity contribution in [2.75, 3.05) is 5.32 Å². The number of aromatic nitrogens is 4. The number of nitrogens with zero attached hydrogens (tertiary/aromatic N) is 4. The summed E-state index contributed by atoms with van der Waals surface area (Å²) in [6.45, 7) is 1.79. The molecule has 124 valence electrons. The molecule has 1 fully saturated rings. The second kappa shape index (κ2) is 5.82. The fourth-order valence-electron chi connectivity index (χ4n) is 2.80. The highest BCUT2D eigenvalue weighted by atomic mass is 19.4. The van der Waals surface area contributed by atoms with Crippen molar-refractivity contribution in [3.05, 3.63) is 23.7 Å². The van der Waals surface area contributed by atoms with Gasteiger partial charge >= 0.3 is 6.18 Å². The first-order valence-corrected chi connectivity index (χ1v) is 7.56. The Hall–Kier alpha value is -2.12. The molecule has 23 heavy (non-hydrogen) atoms. The molecule has 0 atom stereocenters. The van der Waals surface area contributed by atoms with Crippen molar-refractivity contribution in [3.8, 4) is 11.3 Å². The summed E-state index contributed by atoms with van der Waals surface area (Å²) in [6.07, 6.45) is 1.02. The Morgan fingerprint density at radius 1 is 1.22 bits per heavy atom. The monoisotopic (exact) mass is 325 g/mol. The highest BCUT2D eigenvalue weighted by molar-refractivity contribution is 5.62. The number of rotatable bonds is 3. The van der Waals surface area contributed by atoms with Gasteiger partial charge in [-0.3, -0.25) is 4.68 Å². The summed E-state index contributed by atoms with van der Waals surface area (Å²) in [4.78, 5) is 7.93. The van der Waals surface area contributed by atoms with Crippen LogP contribution < -0.4 is 5.32 Å². The van der Waals surface area contributed by atoms with Crippen LogP contribution in [0.1, 0.15) is 37.1 Å². The van der Waals surface area contributed by atoms with Crippen LogP contribution in [0.2, 0.25) is 0 Å². The van der Waals surface area contributed by atoms with Crippen LogP contribution in [-0.4, -0.2) is 25.8 Å². The summed E-state index contributed by atoms with van der Waals surface area (Å²) in [5.74, 6) is 0.0324. The van der Waals surface area contributed by atoms with Gasteiger partial charge in [0, 0.05) is 24.3 Å². The van der Waals surface area contributed by atoms with E-state index in [1.165, 1.54) is 6.20 Å². The summed E-state index contributed by atoms with van der Waals surface area (Å²) in [5.41, 5.74) is 0.628. The van der Waals surface area contributed by atoms with E-state index in [4.69, 9.17) is 0 Å². The smallest absolute Gasteiger partial charge is 0.351 e. The lowest BCUT2D eigenvalue weighted by molar-refractivity contribution is -0.141. The van der Waals surface area contributed by atoms with Crippen molar-refractivity contribution in [2.24, 2.45) is 7.05 Å². The minimum atomic E-state index is -4.51. The van der Waals surface area contributed by atoms with Crippen LogP contribution in [0.25, 0.3) is 11.3 Å². The third kappa shape index (κ3) is 3.30. The standard InChI is InChI=1S/C15H18F3N5/c1-9-11(8-19-23(9)2)12-7-13(15(16,17)18)22-14(21-12)20-10-5-3-4-6-10/h7-8,10H,3-6H2,1-2H3,(H,20,21,22). The number of aryl methyl sites for hydroxylation is 1. The van der Waals surface area contributed by atoms with Crippen LogP contribution in [-0.2, 0) is 13.2 Å². The van der Waals surface area contributed by atoms with Gasteiger partial charge in [0.2, 0.25) is 5.95 Å². The van der Waals surface area contributed by atoms with Crippen molar-refractivity contribution in [2.45, 2.75) is 44.8 Å². The number of nitrogens with one attached hydrogen (secondary N) is 1. The Balaban J connectivity index is 2.02. The molecule has 0 aromatic carbocycles. The molecule has 5 nitrogen and oxygen atoms in total. The van der Waals surface area contributed by atoms with E-state index in [9.17, 15) is 13.2 Å². The quantitative estimate of drug-likeness (QED) is 0.937. The number of alkyl halides is 3. The maximum atomic E-state index is 13.1. The predicted molar refractivity (Wildman–Crippen MR) is 79.9 cm³/mol. The van der Waals surface area contributed by atoms with E-state index in [0.717, 1.165) is 37.4 Å². The summed E-state index contributed by atoms with van der Waals surface area (Å²) in [5, 5.41) is 7.11. The van der Waals surface area contributed by atoms with Crippen molar-refractivity contribution in [3.63, 3.8) is 0 Å². The van der Waals surface area contributed by atoms with Crippen LogP contribution >= 0.6 is 0 Å². The molecule has 1 aliphatic rings. The highest BCUT2D eigenvalue weighted by Gasteiger charge is 2.34. The van der Waals surface area contributed by atoms with Crippen LogP contribution in [0.3, 0.4) is 0 Å². The minimum Gasteiger partial charge on any atom is -0.351 e. The molecule has 3 rings (SSSR count). The van der Waals surface area contributed by atoms with Gasteiger partial charge in [-0.25, -0.2) is 9.97 Å². The molecule has 8 heteroatoms. The van der Waals surface area contributed by atoms with E-state index in [1.54, 1.807) is 18.7 Å². The first kappa shape index (κ1) is 15.8. The van der Waals surface area contributed by atoms with E-state index in [0.29, 0.717) is 5.56 Å². The van der Waals surface area contributed by atoms with Gasteiger partial charge < -0.3 is 5.32 Å². The molecular formula is C15H18F3N5. The second-order valence-corrected chi connectivity index (χ2v) is 5.85. The summed E-state index contributed by atoms with van der Waals surface area (Å²) in [7, 11) is 1.74. The van der Waals surface area contributed by atoms with Crippen molar-refractivity contribution in [1.82, 2.24) is 19.7 Å². The molecular weight excluding hydrogens is 307 g/mol. The van der Waals surface area contributed by atoms with Gasteiger partial charge in [0.1, 0.15) is 0 Å². The number of halogens is 3. The number of hydrogen-bond acceptors (Lipinski definition) is 4. The lowest BCUT2D eigenvalue weighted by atomic mass is 10.1. The molecule has 0 amide bonds. The molecule has 0 unspecified atom stereocenters. The van der Waals surface area contributed by atoms with Gasteiger partial charge in [0.25, 0.3) is 0 Å². The third-order valence-electron chi connectivity index (χ3n) is 4.22. The van der Waals surface area contributed by atoms with E-state index >= 15 is 0 Å². The topological polar surface area (TPSA) is 55.6 Å². The van der Waals surface area contributed by atoms with Crippen LogP contribution in [0.15, 0.2) is 12.3 Å². The van der Waals surface area contributed by atoms with Crippen LogP contribution in [0.4, 0.5) is 19.1 Å². The van der Waals surface area contributed by atoms with E-state index < -0.39 is 11.9 Å². The van der Waals surface area contributed by atoms with E-state index in [1.807, 2.05) is 0 Å². The molecule has 2 aromatic rings. The molecule has 0 aliphatic heterocycles. The van der Waals surface area contributed by atoms with E-state index in [2.05, 4.69) is 20.4 Å². The first-order chi connectivity index (χ1) is 10.8. The predicted octanol–water partition coefficient (Wildman–Crippen LogP) is 3.56. The first-order valence-electron chi connectivity index (χ1n) is 7.56. The van der Waals surface area contributed by atoms with Crippen LogP contribution in [0, 0.1) is 6.92 Å². The maximum Gasteiger partial charge on any atom is 0.433 e. The lowest BCUT2D eigenvalue weighted by Crippen LogP contribution is -2.19. The highest BCUT2D eigenvalue weighted by Crippen LogP contribution is 2.32. The van der Waals surface area contributed by atoms with Gasteiger partial charge in [0.15, 0.2) is 5.69 Å². The molecule has 0 saturated heterocycles. The van der Waals surface area contributed by atoms with Gasteiger partial charge in [-0.1, -0.05) is 12.8 Å². The normalized spacial score (nSPS) is 16.0. The van der Waals surface area contributed by atoms with Crippen molar-refractivity contribution >= 4 is 5.95 Å². The van der Waals surface area contributed by atoms with Crippen molar-refractivity contribution in [1.29, 1.82) is 0 Å². The Morgan fingerprint density at radius 3 is 2.48 bits per heavy atom. The number of hydrogen-bond donors (Lipinski definition) is 1. The molecule has 0 spiro atoms. The SMILES string of the molecule is Cc1c(-c2cc(C(F)(F)F)nc(NC3CCCC3)n2)cnn1C. The molecule has 2 heterocycles. The fourth-order valence-corrected chi connectivity index (χ4v) is 2.80. The second-order valence-electron chi connectivity index (χ2n) is 5.85. The zero-order chi connectivity index (χ0) is 16.6. The average molecular weight is 325 g/mol. The summed E-state index contributed by atoms with van der Waals surface area (Å²) in [6, 6.07) is 1.12. The zero-order valence-electron chi connectivity index (χ0n) is 13.0. The molecule has 1 N–H and O–H groups in total. The van der Waals surface area contributed by atoms with E-state index in [-0.39, 0.29) is 17.7 Å². The van der Waals surface area contributed by atoms with Gasteiger partial charge in [-0.05, 0) is 25.8 Å². The molecule has 0 radical (unpaired) electrons. The summed E-state index contributed by atoms with van der Waals surface area (Å²) < 4.78 is 41.0. The van der Waals surface area contributed by atoms with Crippen molar-refractivity contribution < 1.29 is 13.2 Å². The third-order valence-corrected chi connectivity index (χ3v) is 4.22. The minimum absolute atomic E-state index is 0.0324. The number of anilines is 1. The molecule has 0 bridgehead atoms. The Bertz CT molecular complexity index is 702. The average Bonchev–Trinajstić information content (AvgIpc) is 3.09. The van der Waals surface area contributed by atoms with Gasteiger partial charge in [-0.15, -0.1) is 0 Å². The summed E-state index contributed by atoms with van der Waals surface area (Å²) >= 11 is 0. The Kier molecular flexibility index (Phi) is 3.99. The zero-order valence-corrected chi connectivity index (χ0v) is 13.0.